The maximum Gasteiger partial charge on any atom is 0.416 e. The van der Waals surface area contributed by atoms with Crippen LogP contribution < -0.4 is 5.56 Å². The molecule has 0 spiro atoms. The Balaban J connectivity index is 1.70. The second-order valence-electron chi connectivity index (χ2n) is 7.95. The molecule has 0 bridgehead atoms. The molecule has 1 aliphatic carbocycles. The number of H-pyrrole nitrogens is 1. The van der Waals surface area contributed by atoms with Crippen LogP contribution in [0.25, 0.3) is 11.3 Å². The van der Waals surface area contributed by atoms with Gasteiger partial charge in [-0.2, -0.15) is 18.3 Å². The number of aryl methyl sites for hydroxylation is 1. The lowest BCUT2D eigenvalue weighted by molar-refractivity contribution is -0.141. The van der Waals surface area contributed by atoms with Crippen molar-refractivity contribution in [2.75, 3.05) is 0 Å². The number of carbonyl (C=O) groups is 1. The molecule has 3 aromatic rings. The third-order valence-electron chi connectivity index (χ3n) is 5.55. The van der Waals surface area contributed by atoms with Gasteiger partial charge in [-0.15, -0.1) is 5.11 Å². The summed E-state index contributed by atoms with van der Waals surface area (Å²) in [5, 5.41) is 30.6. The zero-order chi connectivity index (χ0) is 25.4. The van der Waals surface area contributed by atoms with Crippen LogP contribution in [0.2, 0.25) is 0 Å². The summed E-state index contributed by atoms with van der Waals surface area (Å²) in [6.45, 7) is 1.47. The summed E-state index contributed by atoms with van der Waals surface area (Å²) in [6.07, 6.45) is -0.304. The predicted molar refractivity (Wildman–Crippen MR) is 121 cm³/mol. The van der Waals surface area contributed by atoms with Crippen LogP contribution in [0.1, 0.15) is 23.2 Å². The van der Waals surface area contributed by atoms with Gasteiger partial charge in [-0.05, 0) is 42.8 Å². The van der Waals surface area contributed by atoms with E-state index >= 15 is 0 Å². The average Bonchev–Trinajstić information content (AvgIpc) is 3.11. The molecule has 1 atom stereocenters. The standard InChI is InChI=1S/C24H19F3N4O4/c1-14-20(21(33)31(29-14)17-8-4-7-16(12-17)24(25,26)27)28-30-23(22(34)35)11-5-6-15(13-23)18-9-2-3-10-19(18)32/h2-12,29,32H,13H2,1H3,(H,34,35). The van der Waals surface area contributed by atoms with Gasteiger partial charge in [0.2, 0.25) is 5.54 Å². The minimum absolute atomic E-state index is 0.0317. The maximum absolute atomic E-state index is 13.1. The van der Waals surface area contributed by atoms with Crippen molar-refractivity contribution in [2.24, 2.45) is 10.2 Å². The van der Waals surface area contributed by atoms with E-state index in [0.29, 0.717) is 11.1 Å². The van der Waals surface area contributed by atoms with Crippen LogP contribution in [0.3, 0.4) is 0 Å². The number of para-hydroxylation sites is 1. The van der Waals surface area contributed by atoms with E-state index in [4.69, 9.17) is 0 Å². The van der Waals surface area contributed by atoms with E-state index in [9.17, 15) is 33.0 Å². The number of aromatic nitrogens is 2. The van der Waals surface area contributed by atoms with Crippen LogP contribution in [-0.4, -0.2) is 31.5 Å². The van der Waals surface area contributed by atoms with E-state index in [1.165, 1.54) is 37.3 Å². The highest BCUT2D eigenvalue weighted by Gasteiger charge is 2.39. The first-order valence-corrected chi connectivity index (χ1v) is 10.3. The summed E-state index contributed by atoms with van der Waals surface area (Å²) in [7, 11) is 0. The Bertz CT molecular complexity index is 1450. The summed E-state index contributed by atoms with van der Waals surface area (Å²) >= 11 is 0. The Hall–Kier alpha value is -4.41. The van der Waals surface area contributed by atoms with Crippen molar-refractivity contribution in [1.29, 1.82) is 0 Å². The van der Waals surface area contributed by atoms with Crippen LogP contribution in [-0.2, 0) is 11.0 Å². The number of hydrogen-bond acceptors (Lipinski definition) is 5. The molecule has 0 saturated carbocycles. The number of hydrogen-bond donors (Lipinski definition) is 3. The van der Waals surface area contributed by atoms with Gasteiger partial charge < -0.3 is 10.2 Å². The zero-order valence-corrected chi connectivity index (χ0v) is 18.2. The number of rotatable bonds is 5. The molecule has 0 aliphatic heterocycles. The van der Waals surface area contributed by atoms with Crippen molar-refractivity contribution in [3.8, 4) is 11.4 Å². The lowest BCUT2D eigenvalue weighted by Gasteiger charge is -2.24. The maximum atomic E-state index is 13.1. The molecule has 3 N–H and O–H groups in total. The predicted octanol–water partition coefficient (Wildman–Crippen LogP) is 5.15. The molecular formula is C24H19F3N4O4. The number of allylic oxidation sites excluding steroid dienone is 2. The van der Waals surface area contributed by atoms with Crippen molar-refractivity contribution >= 4 is 17.2 Å². The van der Waals surface area contributed by atoms with Crippen molar-refractivity contribution in [1.82, 2.24) is 9.78 Å². The number of halogens is 3. The van der Waals surface area contributed by atoms with Gasteiger partial charge in [0.1, 0.15) is 5.75 Å². The second kappa shape index (κ2) is 8.75. The SMILES string of the molecule is Cc1[nH]n(-c2cccc(C(F)(F)F)c2)c(=O)c1N=NC1(C(=O)O)C=CC=C(c2ccccc2O)C1. The highest BCUT2D eigenvalue weighted by molar-refractivity contribution is 5.88. The normalized spacial score (nSPS) is 18.1. The first-order chi connectivity index (χ1) is 16.5. The van der Waals surface area contributed by atoms with Crippen LogP contribution >= 0.6 is 0 Å². The number of phenols is 1. The molecule has 1 heterocycles. The molecule has 0 radical (unpaired) electrons. The molecule has 4 rings (SSSR count). The van der Waals surface area contributed by atoms with Crippen LogP contribution in [0.5, 0.6) is 5.75 Å². The summed E-state index contributed by atoms with van der Waals surface area (Å²) in [5.41, 5.74) is -2.77. The third kappa shape index (κ3) is 4.52. The number of aliphatic carboxylic acids is 1. The van der Waals surface area contributed by atoms with Crippen molar-refractivity contribution in [3.63, 3.8) is 0 Å². The Morgan fingerprint density at radius 1 is 1.17 bits per heavy atom. The fourth-order valence-corrected chi connectivity index (χ4v) is 3.72. The number of azo groups is 1. The van der Waals surface area contributed by atoms with E-state index in [0.717, 1.165) is 16.8 Å². The smallest absolute Gasteiger partial charge is 0.416 e. The molecular weight excluding hydrogens is 465 g/mol. The summed E-state index contributed by atoms with van der Waals surface area (Å²) in [5.74, 6) is -1.36. The number of nitrogens with zero attached hydrogens (tertiary/aromatic N) is 3. The Labute approximate surface area is 196 Å². The number of alkyl halides is 3. The first-order valence-electron chi connectivity index (χ1n) is 10.3. The minimum Gasteiger partial charge on any atom is -0.507 e. The van der Waals surface area contributed by atoms with Gasteiger partial charge in [0, 0.05) is 12.0 Å². The van der Waals surface area contributed by atoms with Gasteiger partial charge in [-0.25, -0.2) is 9.48 Å². The number of aromatic amines is 1. The van der Waals surface area contributed by atoms with Crippen LogP contribution in [0.15, 0.2) is 81.8 Å². The molecule has 1 aliphatic rings. The molecule has 0 fully saturated rings. The zero-order valence-electron chi connectivity index (χ0n) is 18.2. The Morgan fingerprint density at radius 2 is 1.91 bits per heavy atom. The van der Waals surface area contributed by atoms with Gasteiger partial charge in [0.05, 0.1) is 16.9 Å². The highest BCUT2D eigenvalue weighted by atomic mass is 19.4. The topological polar surface area (TPSA) is 120 Å². The van der Waals surface area contributed by atoms with Gasteiger partial charge in [0.15, 0.2) is 5.69 Å². The van der Waals surface area contributed by atoms with Gasteiger partial charge in [-0.1, -0.05) is 36.4 Å². The van der Waals surface area contributed by atoms with Crippen molar-refractivity contribution in [2.45, 2.75) is 25.1 Å². The number of benzene rings is 2. The summed E-state index contributed by atoms with van der Waals surface area (Å²) < 4.78 is 40.1. The highest BCUT2D eigenvalue weighted by Crippen LogP contribution is 2.37. The third-order valence-corrected chi connectivity index (χ3v) is 5.55. The number of nitrogens with one attached hydrogen (secondary N) is 1. The molecule has 1 unspecified atom stereocenters. The molecule has 8 nitrogen and oxygen atoms in total. The molecule has 0 saturated heterocycles. The van der Waals surface area contributed by atoms with E-state index in [-0.39, 0.29) is 29.2 Å². The minimum atomic E-state index is -4.59. The van der Waals surface area contributed by atoms with E-state index in [2.05, 4.69) is 15.3 Å². The first kappa shape index (κ1) is 23.7. The summed E-state index contributed by atoms with van der Waals surface area (Å²) in [6, 6.07) is 10.6. The molecule has 35 heavy (non-hydrogen) atoms. The Kier molecular flexibility index (Phi) is 5.93. The fraction of sp³-hybridized carbons (Fsp3) is 0.167. The van der Waals surface area contributed by atoms with Gasteiger partial charge >= 0.3 is 12.1 Å². The quantitative estimate of drug-likeness (QED) is 0.434. The molecule has 180 valence electrons. The average molecular weight is 484 g/mol. The fourth-order valence-electron chi connectivity index (χ4n) is 3.72. The summed E-state index contributed by atoms with van der Waals surface area (Å²) in [4.78, 5) is 25.1. The lowest BCUT2D eigenvalue weighted by Crippen LogP contribution is -2.35. The Morgan fingerprint density at radius 3 is 2.60 bits per heavy atom. The van der Waals surface area contributed by atoms with E-state index in [1.807, 2.05) is 0 Å². The largest absolute Gasteiger partial charge is 0.507 e. The number of phenolic OH excluding ortho intramolecular Hbond substituents is 1. The van der Waals surface area contributed by atoms with Gasteiger partial charge in [0.25, 0.3) is 5.56 Å². The molecule has 11 heteroatoms. The lowest BCUT2D eigenvalue weighted by atomic mass is 9.84. The van der Waals surface area contributed by atoms with Crippen molar-refractivity contribution < 1.29 is 28.2 Å². The van der Waals surface area contributed by atoms with Crippen molar-refractivity contribution in [3.05, 3.63) is 93.9 Å². The van der Waals surface area contributed by atoms with Crippen LogP contribution in [0.4, 0.5) is 18.9 Å². The molecule has 0 amide bonds. The van der Waals surface area contributed by atoms with E-state index in [1.54, 1.807) is 24.3 Å². The molecule has 1 aromatic heterocycles. The monoisotopic (exact) mass is 484 g/mol. The number of carboxylic acid groups (broad SMARTS) is 1. The number of aromatic hydroxyl groups is 1. The van der Waals surface area contributed by atoms with E-state index < -0.39 is 28.8 Å². The second-order valence-corrected chi connectivity index (χ2v) is 7.95. The molecule has 2 aromatic carbocycles. The van der Waals surface area contributed by atoms with Gasteiger partial charge in [-0.3, -0.25) is 9.89 Å². The van der Waals surface area contributed by atoms with Crippen LogP contribution in [0, 0.1) is 6.92 Å². The number of carboxylic acids is 1.